The van der Waals surface area contributed by atoms with Gasteiger partial charge in [-0.1, -0.05) is 35.3 Å². The first kappa shape index (κ1) is 18.1. The van der Waals surface area contributed by atoms with Crippen LogP contribution >= 0.6 is 23.2 Å². The molecular formula is C16H20Cl2N6O. The van der Waals surface area contributed by atoms with E-state index in [0.717, 1.165) is 32.7 Å². The Bertz CT molecular complexity index is 739. The van der Waals surface area contributed by atoms with Gasteiger partial charge in [0.05, 0.1) is 10.0 Å². The van der Waals surface area contributed by atoms with Crippen LogP contribution in [0.25, 0.3) is 11.3 Å². The van der Waals surface area contributed by atoms with Crippen molar-refractivity contribution in [1.82, 2.24) is 20.5 Å². The fourth-order valence-electron chi connectivity index (χ4n) is 2.64. The van der Waals surface area contributed by atoms with E-state index in [-0.39, 0.29) is 5.82 Å². The Balaban J connectivity index is 1.63. The van der Waals surface area contributed by atoms with E-state index < -0.39 is 0 Å². The molecule has 9 heteroatoms. The zero-order chi connectivity index (χ0) is 17.8. The van der Waals surface area contributed by atoms with Gasteiger partial charge < -0.3 is 20.7 Å². The van der Waals surface area contributed by atoms with Crippen LogP contribution in [0.2, 0.25) is 10.0 Å². The smallest absolute Gasteiger partial charge is 0.247 e. The van der Waals surface area contributed by atoms with Gasteiger partial charge in [-0.3, -0.25) is 0 Å². The fraction of sp³-hybridized carbons (Fsp3) is 0.438. The molecule has 1 aliphatic rings. The van der Waals surface area contributed by atoms with Crippen LogP contribution in [0.15, 0.2) is 18.2 Å². The number of nitrogens with one attached hydrogen (secondary N) is 1. The molecule has 0 amide bonds. The number of benzene rings is 1. The predicted octanol–water partition coefficient (Wildman–Crippen LogP) is 2.24. The van der Waals surface area contributed by atoms with Crippen molar-refractivity contribution < 1.29 is 4.74 Å². The summed E-state index contributed by atoms with van der Waals surface area (Å²) in [6, 6.07) is 5.70. The summed E-state index contributed by atoms with van der Waals surface area (Å²) in [6.45, 7) is 3.34. The lowest BCUT2D eigenvalue weighted by Crippen LogP contribution is -2.59. The summed E-state index contributed by atoms with van der Waals surface area (Å²) < 4.78 is 5.03. The summed E-state index contributed by atoms with van der Waals surface area (Å²) in [4.78, 5) is 6.40. The lowest BCUT2D eigenvalue weighted by atomic mass is 10.1. The topological polar surface area (TPSA) is 89.2 Å². The largest absolute Gasteiger partial charge is 0.385 e. The molecular weight excluding hydrogens is 363 g/mol. The van der Waals surface area contributed by atoms with Crippen molar-refractivity contribution in [3.8, 4) is 11.3 Å². The van der Waals surface area contributed by atoms with Crippen molar-refractivity contribution in [1.29, 1.82) is 0 Å². The normalized spacial score (nSPS) is 14.6. The number of nitrogens with zero attached hydrogens (tertiary/aromatic N) is 4. The van der Waals surface area contributed by atoms with Gasteiger partial charge >= 0.3 is 0 Å². The molecule has 0 saturated carbocycles. The SMILES string of the molecule is COCCCNC1CN(c2nnc(-c3cccc(Cl)c3Cl)c(N)n2)C1. The first-order chi connectivity index (χ1) is 12.1. The van der Waals surface area contributed by atoms with Crippen LogP contribution in [0.3, 0.4) is 0 Å². The van der Waals surface area contributed by atoms with Gasteiger partial charge in [-0.2, -0.15) is 4.98 Å². The second kappa shape index (κ2) is 8.14. The van der Waals surface area contributed by atoms with Crippen molar-refractivity contribution in [3.63, 3.8) is 0 Å². The molecule has 0 atom stereocenters. The molecule has 0 unspecified atom stereocenters. The number of halogens is 2. The van der Waals surface area contributed by atoms with Crippen LogP contribution in [0.5, 0.6) is 0 Å². The molecule has 3 rings (SSSR count). The van der Waals surface area contributed by atoms with Crippen LogP contribution in [0.1, 0.15) is 6.42 Å². The van der Waals surface area contributed by atoms with Gasteiger partial charge in [-0.25, -0.2) is 0 Å². The third-order valence-electron chi connectivity index (χ3n) is 4.03. The molecule has 1 fully saturated rings. The first-order valence-corrected chi connectivity index (χ1v) is 8.77. The molecule has 0 spiro atoms. The first-order valence-electron chi connectivity index (χ1n) is 8.02. The Morgan fingerprint density at radius 3 is 2.84 bits per heavy atom. The molecule has 0 bridgehead atoms. The summed E-state index contributed by atoms with van der Waals surface area (Å²) in [7, 11) is 1.71. The van der Waals surface area contributed by atoms with Crippen molar-refractivity contribution in [2.75, 3.05) is 44.0 Å². The summed E-state index contributed by atoms with van der Waals surface area (Å²) in [5, 5.41) is 12.7. The van der Waals surface area contributed by atoms with Crippen molar-refractivity contribution >= 4 is 35.0 Å². The van der Waals surface area contributed by atoms with Gasteiger partial charge in [0.15, 0.2) is 5.82 Å². The summed E-state index contributed by atoms with van der Waals surface area (Å²) >= 11 is 12.3. The van der Waals surface area contributed by atoms with Crippen LogP contribution in [-0.4, -0.2) is 54.6 Å². The number of rotatable bonds is 7. The summed E-state index contributed by atoms with van der Waals surface area (Å²) in [5.41, 5.74) is 7.13. The molecule has 1 aromatic carbocycles. The van der Waals surface area contributed by atoms with Crippen LogP contribution in [0, 0.1) is 0 Å². The molecule has 3 N–H and O–H groups in total. The molecule has 2 heterocycles. The van der Waals surface area contributed by atoms with Gasteiger partial charge in [0.1, 0.15) is 5.69 Å². The number of nitrogen functional groups attached to an aromatic ring is 1. The molecule has 0 aliphatic carbocycles. The van der Waals surface area contributed by atoms with E-state index in [9.17, 15) is 0 Å². The van der Waals surface area contributed by atoms with Crippen LogP contribution < -0.4 is 16.0 Å². The maximum Gasteiger partial charge on any atom is 0.247 e. The number of ether oxygens (including phenoxy) is 1. The Hall–Kier alpha value is -1.67. The Kier molecular flexibility index (Phi) is 5.90. The monoisotopic (exact) mass is 382 g/mol. The molecule has 134 valence electrons. The Morgan fingerprint density at radius 2 is 2.12 bits per heavy atom. The van der Waals surface area contributed by atoms with E-state index in [2.05, 4.69) is 20.5 Å². The highest BCUT2D eigenvalue weighted by atomic mass is 35.5. The molecule has 7 nitrogen and oxygen atoms in total. The Morgan fingerprint density at radius 1 is 1.32 bits per heavy atom. The third-order valence-corrected chi connectivity index (χ3v) is 4.85. The number of anilines is 2. The minimum Gasteiger partial charge on any atom is -0.385 e. The molecule has 0 radical (unpaired) electrons. The van der Waals surface area contributed by atoms with Gasteiger partial charge in [0, 0.05) is 38.4 Å². The molecule has 1 saturated heterocycles. The standard InChI is InChI=1S/C16H20Cl2N6O/c1-25-7-3-6-20-10-8-24(9-10)16-21-15(19)14(22-23-16)11-4-2-5-12(17)13(11)18/h2,4-5,10,20H,3,6-9H2,1H3,(H2,19,21,23). The number of aromatic nitrogens is 3. The summed E-state index contributed by atoms with van der Waals surface area (Å²) in [5.74, 6) is 0.806. The van der Waals surface area contributed by atoms with Crippen LogP contribution in [-0.2, 0) is 4.74 Å². The quantitative estimate of drug-likeness (QED) is 0.709. The van der Waals surface area contributed by atoms with Gasteiger partial charge in [-0.15, -0.1) is 10.2 Å². The highest BCUT2D eigenvalue weighted by Gasteiger charge is 2.29. The minimum atomic E-state index is 0.283. The zero-order valence-electron chi connectivity index (χ0n) is 13.9. The van der Waals surface area contributed by atoms with Crippen molar-refractivity contribution in [3.05, 3.63) is 28.2 Å². The van der Waals surface area contributed by atoms with Gasteiger partial charge in [0.25, 0.3) is 0 Å². The predicted molar refractivity (Wildman–Crippen MR) is 100 cm³/mol. The van der Waals surface area contributed by atoms with E-state index in [0.29, 0.717) is 33.3 Å². The van der Waals surface area contributed by atoms with E-state index in [1.54, 1.807) is 25.3 Å². The Labute approximate surface area is 156 Å². The molecule has 1 aromatic heterocycles. The molecule has 25 heavy (non-hydrogen) atoms. The molecule has 1 aliphatic heterocycles. The highest BCUT2D eigenvalue weighted by Crippen LogP contribution is 2.34. The second-order valence-corrected chi connectivity index (χ2v) is 6.63. The van der Waals surface area contributed by atoms with E-state index >= 15 is 0 Å². The second-order valence-electron chi connectivity index (χ2n) is 5.85. The molecule has 2 aromatic rings. The minimum absolute atomic E-state index is 0.283. The average molecular weight is 383 g/mol. The highest BCUT2D eigenvalue weighted by molar-refractivity contribution is 6.43. The number of hydrogen-bond acceptors (Lipinski definition) is 7. The summed E-state index contributed by atoms with van der Waals surface area (Å²) in [6.07, 6.45) is 0.993. The average Bonchev–Trinajstić information content (AvgIpc) is 2.56. The fourth-order valence-corrected chi connectivity index (χ4v) is 3.03. The van der Waals surface area contributed by atoms with Gasteiger partial charge in [-0.05, 0) is 19.0 Å². The van der Waals surface area contributed by atoms with Crippen molar-refractivity contribution in [2.24, 2.45) is 0 Å². The number of nitrogens with two attached hydrogens (primary N) is 1. The number of methoxy groups -OCH3 is 1. The van der Waals surface area contributed by atoms with E-state index in [4.69, 9.17) is 33.7 Å². The van der Waals surface area contributed by atoms with E-state index in [1.807, 2.05) is 4.90 Å². The third kappa shape index (κ3) is 4.12. The number of hydrogen-bond donors (Lipinski definition) is 2. The lowest BCUT2D eigenvalue weighted by Gasteiger charge is -2.39. The zero-order valence-corrected chi connectivity index (χ0v) is 15.4. The van der Waals surface area contributed by atoms with E-state index in [1.165, 1.54) is 0 Å². The maximum absolute atomic E-state index is 6.22. The maximum atomic E-state index is 6.22. The van der Waals surface area contributed by atoms with Gasteiger partial charge in [0.2, 0.25) is 5.95 Å². The van der Waals surface area contributed by atoms with Crippen molar-refractivity contribution in [2.45, 2.75) is 12.5 Å². The lowest BCUT2D eigenvalue weighted by molar-refractivity contribution is 0.192. The van der Waals surface area contributed by atoms with Crippen LogP contribution in [0.4, 0.5) is 11.8 Å².